The SMILES string of the molecule is N.OCC(Cl)Cl. The molecule has 2 nitrogen and oxygen atoms in total. The van der Waals surface area contributed by atoms with E-state index in [9.17, 15) is 0 Å². The smallest absolute Gasteiger partial charge is 0.130 e. The number of halogens is 2. The Morgan fingerprint density at radius 2 is 1.67 bits per heavy atom. The number of aliphatic hydroxyl groups excluding tert-OH is 1. The highest BCUT2D eigenvalue weighted by molar-refractivity contribution is 6.44. The number of aliphatic hydroxyl groups is 1. The molecule has 0 spiro atoms. The second-order valence-electron chi connectivity index (χ2n) is 0.574. The van der Waals surface area contributed by atoms with Gasteiger partial charge >= 0.3 is 0 Å². The Bertz CT molecular complexity index is 25.5. The molecule has 0 aromatic rings. The summed E-state index contributed by atoms with van der Waals surface area (Å²) < 4.78 is 0. The topological polar surface area (TPSA) is 55.2 Å². The lowest BCUT2D eigenvalue weighted by Gasteiger charge is -1.84. The molecule has 0 fully saturated rings. The first-order chi connectivity index (χ1) is 2.27. The maximum atomic E-state index is 7.88. The summed E-state index contributed by atoms with van der Waals surface area (Å²) in [5.41, 5.74) is 0. The van der Waals surface area contributed by atoms with Crippen molar-refractivity contribution in [3.8, 4) is 0 Å². The third-order valence-corrected chi connectivity index (χ3v) is 0.414. The molecule has 0 rings (SSSR count). The number of hydrogen-bond donors (Lipinski definition) is 2. The van der Waals surface area contributed by atoms with Crippen molar-refractivity contribution in [1.29, 1.82) is 0 Å². The summed E-state index contributed by atoms with van der Waals surface area (Å²) in [6.07, 6.45) is 0. The molecule has 0 aromatic carbocycles. The molecule has 0 aliphatic carbocycles. The fraction of sp³-hybridized carbons (Fsp3) is 1.00. The van der Waals surface area contributed by atoms with E-state index in [0.717, 1.165) is 0 Å². The van der Waals surface area contributed by atoms with Gasteiger partial charge in [0.15, 0.2) is 0 Å². The number of alkyl halides is 2. The Morgan fingerprint density at radius 3 is 1.67 bits per heavy atom. The first-order valence-corrected chi connectivity index (χ1v) is 2.03. The van der Waals surface area contributed by atoms with Crippen LogP contribution in [0.15, 0.2) is 0 Å². The standard InChI is InChI=1S/C2H4Cl2O.H3N/c3-2(4)1-5;/h2,5H,1H2;1H3. The predicted molar refractivity (Wildman–Crippen MR) is 27.6 cm³/mol. The van der Waals surface area contributed by atoms with Gasteiger partial charge in [0.1, 0.15) is 4.84 Å². The molecular formula is C2H7Cl2NO. The Labute approximate surface area is 46.6 Å². The zero-order valence-electron chi connectivity index (χ0n) is 3.19. The Balaban J connectivity index is 0. The van der Waals surface area contributed by atoms with E-state index in [0.29, 0.717) is 0 Å². The van der Waals surface area contributed by atoms with Gasteiger partial charge in [0, 0.05) is 0 Å². The van der Waals surface area contributed by atoms with Gasteiger partial charge in [-0.3, -0.25) is 0 Å². The normalized spacial score (nSPS) is 8.00. The minimum Gasteiger partial charge on any atom is -0.394 e. The molecule has 4 heteroatoms. The van der Waals surface area contributed by atoms with E-state index in [1.54, 1.807) is 0 Å². The number of rotatable bonds is 1. The molecule has 0 heterocycles. The van der Waals surface area contributed by atoms with Gasteiger partial charge in [-0.15, -0.1) is 23.2 Å². The maximum Gasteiger partial charge on any atom is 0.130 e. The van der Waals surface area contributed by atoms with Gasteiger partial charge < -0.3 is 11.3 Å². The lowest BCUT2D eigenvalue weighted by Crippen LogP contribution is -1.90. The molecule has 40 valence electrons. The van der Waals surface area contributed by atoms with E-state index in [-0.39, 0.29) is 12.8 Å². The molecular weight excluding hydrogens is 125 g/mol. The van der Waals surface area contributed by atoms with Crippen LogP contribution < -0.4 is 6.15 Å². The van der Waals surface area contributed by atoms with Gasteiger partial charge in [0.05, 0.1) is 6.61 Å². The summed E-state index contributed by atoms with van der Waals surface area (Å²) in [5.74, 6) is 0. The van der Waals surface area contributed by atoms with E-state index in [1.165, 1.54) is 0 Å². The van der Waals surface area contributed by atoms with E-state index in [2.05, 4.69) is 0 Å². The van der Waals surface area contributed by atoms with Crippen LogP contribution in [0.2, 0.25) is 0 Å². The lowest BCUT2D eigenvalue weighted by atomic mass is 10.9. The molecule has 0 aromatic heterocycles. The average molecular weight is 132 g/mol. The zero-order valence-corrected chi connectivity index (χ0v) is 4.71. The average Bonchev–Trinajstić information content (AvgIpc) is 1.38. The van der Waals surface area contributed by atoms with Crippen LogP contribution in [0.1, 0.15) is 0 Å². The Kier molecular flexibility index (Phi) is 8.90. The van der Waals surface area contributed by atoms with Gasteiger partial charge in [-0.25, -0.2) is 0 Å². The minimum absolute atomic E-state index is 0. The molecule has 0 saturated carbocycles. The van der Waals surface area contributed by atoms with Crippen molar-refractivity contribution in [3.05, 3.63) is 0 Å². The van der Waals surface area contributed by atoms with Crippen molar-refractivity contribution in [2.75, 3.05) is 6.61 Å². The van der Waals surface area contributed by atoms with Crippen LogP contribution in [0.3, 0.4) is 0 Å². The first kappa shape index (κ1) is 9.71. The van der Waals surface area contributed by atoms with E-state index < -0.39 is 4.84 Å². The van der Waals surface area contributed by atoms with E-state index in [1.807, 2.05) is 0 Å². The van der Waals surface area contributed by atoms with Crippen molar-refractivity contribution in [3.63, 3.8) is 0 Å². The molecule has 0 unspecified atom stereocenters. The van der Waals surface area contributed by atoms with E-state index >= 15 is 0 Å². The van der Waals surface area contributed by atoms with Gasteiger partial charge in [-0.2, -0.15) is 0 Å². The fourth-order valence-electron chi connectivity index (χ4n) is 0. The summed E-state index contributed by atoms with van der Waals surface area (Å²) in [6, 6.07) is 0. The molecule has 0 amide bonds. The van der Waals surface area contributed by atoms with Crippen LogP contribution in [0.5, 0.6) is 0 Å². The van der Waals surface area contributed by atoms with Crippen LogP contribution in [-0.4, -0.2) is 16.5 Å². The van der Waals surface area contributed by atoms with E-state index in [4.69, 9.17) is 28.3 Å². The van der Waals surface area contributed by atoms with Gasteiger partial charge in [0.25, 0.3) is 0 Å². The maximum absolute atomic E-state index is 7.88. The van der Waals surface area contributed by atoms with Crippen molar-refractivity contribution >= 4 is 23.2 Å². The summed E-state index contributed by atoms with van der Waals surface area (Å²) >= 11 is 9.96. The summed E-state index contributed by atoms with van der Waals surface area (Å²) in [4.78, 5) is -0.616. The van der Waals surface area contributed by atoms with Crippen LogP contribution in [-0.2, 0) is 0 Å². The lowest BCUT2D eigenvalue weighted by molar-refractivity contribution is 0.313. The van der Waals surface area contributed by atoms with Crippen molar-refractivity contribution in [2.24, 2.45) is 0 Å². The highest BCUT2D eigenvalue weighted by atomic mass is 35.5. The Morgan fingerprint density at radius 1 is 1.50 bits per heavy atom. The second kappa shape index (κ2) is 5.50. The van der Waals surface area contributed by atoms with Crippen molar-refractivity contribution in [1.82, 2.24) is 6.15 Å². The summed E-state index contributed by atoms with van der Waals surface area (Å²) in [7, 11) is 0. The quantitative estimate of drug-likeness (QED) is 0.521. The molecule has 4 N–H and O–H groups in total. The molecule has 0 atom stereocenters. The van der Waals surface area contributed by atoms with Crippen LogP contribution >= 0.6 is 23.2 Å². The molecule has 0 saturated heterocycles. The molecule has 0 aliphatic rings. The largest absolute Gasteiger partial charge is 0.394 e. The van der Waals surface area contributed by atoms with Gasteiger partial charge in [-0.05, 0) is 0 Å². The second-order valence-corrected chi connectivity index (χ2v) is 1.85. The molecule has 0 bridgehead atoms. The highest BCUT2D eigenvalue weighted by Crippen LogP contribution is 1.96. The fourth-order valence-corrected chi connectivity index (χ4v) is 0. The minimum atomic E-state index is -0.616. The first-order valence-electron chi connectivity index (χ1n) is 1.16. The van der Waals surface area contributed by atoms with Crippen molar-refractivity contribution < 1.29 is 5.11 Å². The number of hydrogen-bond acceptors (Lipinski definition) is 2. The summed E-state index contributed by atoms with van der Waals surface area (Å²) in [5, 5.41) is 7.88. The zero-order chi connectivity index (χ0) is 4.28. The van der Waals surface area contributed by atoms with Crippen molar-refractivity contribution in [2.45, 2.75) is 4.84 Å². The van der Waals surface area contributed by atoms with Gasteiger partial charge in [0.2, 0.25) is 0 Å². The van der Waals surface area contributed by atoms with Crippen LogP contribution in [0.25, 0.3) is 0 Å². The third kappa shape index (κ3) is 8.82. The Hall–Kier alpha value is 0.500. The molecule has 0 radical (unpaired) electrons. The van der Waals surface area contributed by atoms with Crippen LogP contribution in [0.4, 0.5) is 0 Å². The summed E-state index contributed by atoms with van der Waals surface area (Å²) in [6.45, 7) is -0.164. The third-order valence-electron chi connectivity index (χ3n) is 0.138. The van der Waals surface area contributed by atoms with Gasteiger partial charge in [-0.1, -0.05) is 0 Å². The molecule has 6 heavy (non-hydrogen) atoms. The molecule has 0 aliphatic heterocycles. The highest BCUT2D eigenvalue weighted by Gasteiger charge is 1.88. The predicted octanol–water partition coefficient (Wildman–Crippen LogP) is 0.944. The van der Waals surface area contributed by atoms with Crippen LogP contribution in [0, 0.1) is 0 Å². The monoisotopic (exact) mass is 131 g/mol.